The molecule has 1 aromatic carbocycles. The fourth-order valence-corrected chi connectivity index (χ4v) is 2.93. The third-order valence-corrected chi connectivity index (χ3v) is 3.97. The van der Waals surface area contributed by atoms with Crippen LogP contribution in [0.4, 0.5) is 4.79 Å². The Bertz CT molecular complexity index is 691. The van der Waals surface area contributed by atoms with Crippen LogP contribution in [0, 0.1) is 0 Å². The highest BCUT2D eigenvalue weighted by molar-refractivity contribution is 5.69. The van der Waals surface area contributed by atoms with Crippen LogP contribution in [0.2, 0.25) is 0 Å². The maximum atomic E-state index is 12.4. The van der Waals surface area contributed by atoms with E-state index >= 15 is 0 Å². The van der Waals surface area contributed by atoms with E-state index in [-0.39, 0.29) is 12.1 Å². The van der Waals surface area contributed by atoms with Crippen LogP contribution in [-0.2, 0) is 11.3 Å². The highest BCUT2D eigenvalue weighted by Gasteiger charge is 2.34. The van der Waals surface area contributed by atoms with E-state index in [2.05, 4.69) is 22.4 Å². The van der Waals surface area contributed by atoms with Crippen molar-refractivity contribution in [1.82, 2.24) is 19.9 Å². The normalized spacial score (nSPS) is 18.0. The van der Waals surface area contributed by atoms with E-state index in [4.69, 9.17) is 4.74 Å². The Morgan fingerprint density at radius 2 is 2.04 bits per heavy atom. The van der Waals surface area contributed by atoms with Crippen molar-refractivity contribution in [1.29, 1.82) is 0 Å². The Balaban J connectivity index is 1.70. The molecule has 0 N–H and O–H groups in total. The van der Waals surface area contributed by atoms with Gasteiger partial charge in [-0.05, 0) is 39.2 Å². The van der Waals surface area contributed by atoms with E-state index in [1.807, 2.05) is 49.8 Å². The predicted octanol–water partition coefficient (Wildman–Crippen LogP) is 3.40. The molecule has 1 saturated heterocycles. The summed E-state index contributed by atoms with van der Waals surface area (Å²) in [6.45, 7) is 7.02. The van der Waals surface area contributed by atoms with E-state index in [1.54, 1.807) is 4.90 Å². The summed E-state index contributed by atoms with van der Waals surface area (Å²) in [6.07, 6.45) is 3.50. The zero-order chi connectivity index (χ0) is 17.2. The van der Waals surface area contributed by atoms with Crippen LogP contribution >= 0.6 is 0 Å². The lowest BCUT2D eigenvalue weighted by Gasteiger charge is -2.27. The molecule has 0 bridgehead atoms. The lowest BCUT2D eigenvalue weighted by molar-refractivity contribution is 0.0221. The van der Waals surface area contributed by atoms with Gasteiger partial charge in [0.1, 0.15) is 11.3 Å². The van der Waals surface area contributed by atoms with E-state index in [0.717, 1.165) is 18.5 Å². The topological polar surface area (TPSA) is 60.2 Å². The monoisotopic (exact) mass is 328 g/mol. The number of rotatable bonds is 3. The third-order valence-electron chi connectivity index (χ3n) is 3.97. The first-order valence-corrected chi connectivity index (χ1v) is 8.36. The number of amides is 1. The van der Waals surface area contributed by atoms with Gasteiger partial charge in [-0.2, -0.15) is 0 Å². The molecule has 0 saturated carbocycles. The van der Waals surface area contributed by atoms with Gasteiger partial charge in [0.05, 0.1) is 18.8 Å². The van der Waals surface area contributed by atoms with E-state index in [0.29, 0.717) is 13.1 Å². The Kier molecular flexibility index (Phi) is 4.55. The molecule has 128 valence electrons. The van der Waals surface area contributed by atoms with Gasteiger partial charge >= 0.3 is 6.09 Å². The quantitative estimate of drug-likeness (QED) is 0.866. The lowest BCUT2D eigenvalue weighted by atomic mass is 10.1. The summed E-state index contributed by atoms with van der Waals surface area (Å²) in [6, 6.07) is 10.1. The van der Waals surface area contributed by atoms with Gasteiger partial charge in [0.2, 0.25) is 0 Å². The van der Waals surface area contributed by atoms with Crippen molar-refractivity contribution < 1.29 is 9.53 Å². The second-order valence-corrected chi connectivity index (χ2v) is 7.16. The summed E-state index contributed by atoms with van der Waals surface area (Å²) in [7, 11) is 0. The molecule has 1 amide bonds. The van der Waals surface area contributed by atoms with Crippen molar-refractivity contribution in [3.8, 4) is 0 Å². The van der Waals surface area contributed by atoms with Gasteiger partial charge in [-0.1, -0.05) is 35.5 Å². The maximum Gasteiger partial charge on any atom is 0.410 e. The Morgan fingerprint density at radius 3 is 2.75 bits per heavy atom. The second kappa shape index (κ2) is 6.63. The Labute approximate surface area is 142 Å². The lowest BCUT2D eigenvalue weighted by Crippen LogP contribution is -2.36. The van der Waals surface area contributed by atoms with Crippen LogP contribution in [0.1, 0.15) is 50.9 Å². The molecule has 0 spiro atoms. The van der Waals surface area contributed by atoms with Gasteiger partial charge in [0.25, 0.3) is 0 Å². The van der Waals surface area contributed by atoms with Crippen molar-refractivity contribution in [3.05, 3.63) is 47.8 Å². The summed E-state index contributed by atoms with van der Waals surface area (Å²) < 4.78 is 7.32. The van der Waals surface area contributed by atoms with E-state index in [9.17, 15) is 4.79 Å². The van der Waals surface area contributed by atoms with Crippen molar-refractivity contribution in [3.63, 3.8) is 0 Å². The molecular formula is C18H24N4O2. The number of aromatic nitrogens is 3. The molecule has 1 aliphatic heterocycles. The fourth-order valence-electron chi connectivity index (χ4n) is 2.93. The SMILES string of the molecule is CC(C)(C)OC(=O)N1CCCC1c1cn(Cc2ccccc2)nn1. The molecule has 24 heavy (non-hydrogen) atoms. The van der Waals surface area contributed by atoms with Crippen molar-refractivity contribution in [2.24, 2.45) is 0 Å². The Hall–Kier alpha value is -2.37. The van der Waals surface area contributed by atoms with Gasteiger partial charge in [-0.15, -0.1) is 5.10 Å². The standard InChI is InChI=1S/C18H24N4O2/c1-18(2,3)24-17(23)22-11-7-10-16(22)15-13-21(20-19-15)12-14-8-5-4-6-9-14/h4-6,8-9,13,16H,7,10-12H2,1-3H3. The third kappa shape index (κ3) is 3.93. The molecule has 6 heteroatoms. The molecule has 2 aromatic rings. The zero-order valence-corrected chi connectivity index (χ0v) is 14.5. The summed E-state index contributed by atoms with van der Waals surface area (Å²) in [5, 5.41) is 8.50. The molecule has 1 atom stereocenters. The minimum atomic E-state index is -0.491. The number of hydrogen-bond donors (Lipinski definition) is 0. The van der Waals surface area contributed by atoms with Crippen LogP contribution in [-0.4, -0.2) is 38.1 Å². The smallest absolute Gasteiger partial charge is 0.410 e. The maximum absolute atomic E-state index is 12.4. The second-order valence-electron chi connectivity index (χ2n) is 7.16. The molecule has 0 radical (unpaired) electrons. The number of carbonyl (C=O) groups excluding carboxylic acids is 1. The largest absolute Gasteiger partial charge is 0.444 e. The minimum absolute atomic E-state index is 0.0515. The predicted molar refractivity (Wildman–Crippen MR) is 90.5 cm³/mol. The summed E-state index contributed by atoms with van der Waals surface area (Å²) >= 11 is 0. The molecule has 1 aromatic heterocycles. The number of hydrogen-bond acceptors (Lipinski definition) is 4. The van der Waals surface area contributed by atoms with Gasteiger partial charge in [-0.25, -0.2) is 9.48 Å². The summed E-state index contributed by atoms with van der Waals surface area (Å²) in [5.41, 5.74) is 1.51. The molecule has 1 aliphatic rings. The van der Waals surface area contributed by atoms with Gasteiger partial charge in [0.15, 0.2) is 0 Å². The number of ether oxygens (including phenoxy) is 1. The van der Waals surface area contributed by atoms with Gasteiger partial charge < -0.3 is 4.74 Å². The molecule has 2 heterocycles. The van der Waals surface area contributed by atoms with Crippen LogP contribution < -0.4 is 0 Å². The molecule has 0 aliphatic carbocycles. The summed E-state index contributed by atoms with van der Waals surface area (Å²) in [5.74, 6) is 0. The fraction of sp³-hybridized carbons (Fsp3) is 0.500. The molecule has 3 rings (SSSR count). The number of carbonyl (C=O) groups is 1. The van der Waals surface area contributed by atoms with E-state index in [1.165, 1.54) is 5.56 Å². The van der Waals surface area contributed by atoms with Crippen molar-refractivity contribution in [2.75, 3.05) is 6.54 Å². The average molecular weight is 328 g/mol. The molecule has 1 unspecified atom stereocenters. The minimum Gasteiger partial charge on any atom is -0.444 e. The number of nitrogens with zero attached hydrogens (tertiary/aromatic N) is 4. The molecule has 1 fully saturated rings. The number of likely N-dealkylation sites (tertiary alicyclic amines) is 1. The Morgan fingerprint density at radius 1 is 1.29 bits per heavy atom. The van der Waals surface area contributed by atoms with Crippen LogP contribution in [0.15, 0.2) is 36.5 Å². The highest BCUT2D eigenvalue weighted by Crippen LogP contribution is 2.31. The molecular weight excluding hydrogens is 304 g/mol. The summed E-state index contributed by atoms with van der Waals surface area (Å²) in [4.78, 5) is 14.2. The first kappa shape index (κ1) is 16.5. The van der Waals surface area contributed by atoms with Crippen molar-refractivity contribution >= 4 is 6.09 Å². The first-order valence-electron chi connectivity index (χ1n) is 8.36. The van der Waals surface area contributed by atoms with Crippen LogP contribution in [0.5, 0.6) is 0 Å². The molecule has 6 nitrogen and oxygen atoms in total. The highest BCUT2D eigenvalue weighted by atomic mass is 16.6. The van der Waals surface area contributed by atoms with Crippen LogP contribution in [0.3, 0.4) is 0 Å². The van der Waals surface area contributed by atoms with Crippen LogP contribution in [0.25, 0.3) is 0 Å². The number of benzene rings is 1. The average Bonchev–Trinajstić information content (AvgIpc) is 3.15. The van der Waals surface area contributed by atoms with E-state index < -0.39 is 5.60 Å². The van der Waals surface area contributed by atoms with Crippen molar-refractivity contribution in [2.45, 2.75) is 51.8 Å². The zero-order valence-electron chi connectivity index (χ0n) is 14.5. The first-order chi connectivity index (χ1) is 11.4. The van der Waals surface area contributed by atoms with Gasteiger partial charge in [0, 0.05) is 6.54 Å². The van der Waals surface area contributed by atoms with Gasteiger partial charge in [-0.3, -0.25) is 4.90 Å².